The molecule has 4 rings (SSSR count). The second-order valence-corrected chi connectivity index (χ2v) is 11.6. The lowest BCUT2D eigenvalue weighted by molar-refractivity contribution is -0.151. The number of carboxylic acid groups (broad SMARTS) is 1. The van der Waals surface area contributed by atoms with Gasteiger partial charge in [0.1, 0.15) is 11.6 Å². The third-order valence-corrected chi connectivity index (χ3v) is 9.17. The average Bonchev–Trinajstić information content (AvgIpc) is 3.43. The fourth-order valence-electron chi connectivity index (χ4n) is 6.39. The summed E-state index contributed by atoms with van der Waals surface area (Å²) < 4.78 is 6.39. The van der Waals surface area contributed by atoms with Gasteiger partial charge in [0.2, 0.25) is 5.91 Å². The number of fused-ring (bicyclic) bond motifs is 1. The van der Waals surface area contributed by atoms with Crippen LogP contribution >= 0.6 is 15.9 Å². The fourth-order valence-corrected chi connectivity index (χ4v) is 7.34. The number of benzene rings is 1. The van der Waals surface area contributed by atoms with Crippen molar-refractivity contribution in [3.63, 3.8) is 0 Å². The summed E-state index contributed by atoms with van der Waals surface area (Å²) in [7, 11) is 0. The van der Waals surface area contributed by atoms with E-state index in [9.17, 15) is 24.6 Å². The number of halogens is 1. The lowest BCUT2D eigenvalue weighted by Gasteiger charge is -2.41. The first kappa shape index (κ1) is 26.8. The predicted molar refractivity (Wildman–Crippen MR) is 139 cm³/mol. The summed E-state index contributed by atoms with van der Waals surface area (Å²) in [4.78, 5) is 43.7. The Morgan fingerprint density at radius 2 is 2.08 bits per heavy atom. The molecule has 0 aromatic heterocycles. The van der Waals surface area contributed by atoms with E-state index < -0.39 is 47.5 Å². The number of nitrogens with zero attached hydrogens (tertiary/aromatic N) is 2. The highest BCUT2D eigenvalue weighted by Gasteiger charge is 2.77. The molecule has 1 aromatic carbocycles. The van der Waals surface area contributed by atoms with E-state index in [-0.39, 0.29) is 29.8 Å². The van der Waals surface area contributed by atoms with Gasteiger partial charge in [0.25, 0.3) is 5.91 Å². The number of aryl methyl sites for hydroxylation is 2. The van der Waals surface area contributed by atoms with Crippen molar-refractivity contribution in [1.29, 1.82) is 0 Å². The van der Waals surface area contributed by atoms with Gasteiger partial charge in [0.15, 0.2) is 0 Å². The van der Waals surface area contributed by atoms with Crippen LogP contribution in [0.1, 0.15) is 37.8 Å². The van der Waals surface area contributed by atoms with E-state index in [4.69, 9.17) is 4.74 Å². The van der Waals surface area contributed by atoms with Crippen molar-refractivity contribution in [2.75, 3.05) is 18.1 Å². The number of ether oxygens (including phenoxy) is 1. The number of amides is 2. The maximum atomic E-state index is 14.6. The van der Waals surface area contributed by atoms with Gasteiger partial charge in [-0.3, -0.25) is 14.4 Å². The Bertz CT molecular complexity index is 1080. The van der Waals surface area contributed by atoms with Crippen molar-refractivity contribution in [1.82, 2.24) is 4.90 Å². The molecule has 3 heterocycles. The van der Waals surface area contributed by atoms with E-state index in [0.717, 1.165) is 11.1 Å². The molecular weight excluding hydrogens is 528 g/mol. The normalized spacial score (nSPS) is 32.3. The average molecular weight is 563 g/mol. The van der Waals surface area contributed by atoms with Crippen molar-refractivity contribution in [2.24, 2.45) is 17.8 Å². The summed E-state index contributed by atoms with van der Waals surface area (Å²) >= 11 is 3.57. The monoisotopic (exact) mass is 562 g/mol. The molecule has 1 aromatic rings. The molecule has 0 aliphatic carbocycles. The van der Waals surface area contributed by atoms with Gasteiger partial charge in [-0.1, -0.05) is 54.4 Å². The molecule has 3 fully saturated rings. The van der Waals surface area contributed by atoms with Gasteiger partial charge in [-0.2, -0.15) is 0 Å². The Morgan fingerprint density at radius 1 is 1.39 bits per heavy atom. The number of hydrogen-bond acceptors (Lipinski definition) is 5. The number of hydrogen-bond donors (Lipinski definition) is 2. The molecule has 196 valence electrons. The van der Waals surface area contributed by atoms with Crippen molar-refractivity contribution < 1.29 is 29.3 Å². The number of aliphatic hydroxyl groups excluding tert-OH is 1. The number of carboxylic acids is 1. The molecule has 2 bridgehead atoms. The summed E-state index contributed by atoms with van der Waals surface area (Å²) in [6, 6.07) is 4.11. The Morgan fingerprint density at radius 3 is 2.67 bits per heavy atom. The van der Waals surface area contributed by atoms with E-state index in [0.29, 0.717) is 18.5 Å². The molecule has 0 radical (unpaired) electrons. The molecule has 3 aliphatic rings. The lowest BCUT2D eigenvalue weighted by atomic mass is 9.70. The summed E-state index contributed by atoms with van der Waals surface area (Å²) in [5, 5.41) is 20.5. The Hall–Kier alpha value is -2.23. The number of aliphatic carboxylic acids is 1. The summed E-state index contributed by atoms with van der Waals surface area (Å²) in [5.74, 6) is -4.07. The first-order valence-corrected chi connectivity index (χ1v) is 13.4. The first-order valence-electron chi connectivity index (χ1n) is 12.5. The van der Waals surface area contributed by atoms with Gasteiger partial charge in [0.05, 0.1) is 30.6 Å². The second-order valence-electron chi connectivity index (χ2n) is 10.4. The summed E-state index contributed by atoms with van der Waals surface area (Å²) in [6.07, 6.45) is 1.93. The van der Waals surface area contributed by atoms with E-state index in [1.807, 2.05) is 45.9 Å². The molecule has 1 spiro atoms. The number of alkyl halides is 1. The van der Waals surface area contributed by atoms with E-state index in [1.165, 1.54) is 4.90 Å². The number of anilines is 1. The van der Waals surface area contributed by atoms with Gasteiger partial charge >= 0.3 is 5.97 Å². The van der Waals surface area contributed by atoms with Gasteiger partial charge in [-0.05, 0) is 43.4 Å². The van der Waals surface area contributed by atoms with Gasteiger partial charge < -0.3 is 24.7 Å². The number of carbonyl (C=O) groups excluding carboxylic acids is 2. The van der Waals surface area contributed by atoms with Crippen LogP contribution in [0, 0.1) is 31.6 Å². The highest BCUT2D eigenvalue weighted by molar-refractivity contribution is 9.09. The van der Waals surface area contributed by atoms with E-state index in [2.05, 4.69) is 22.5 Å². The van der Waals surface area contributed by atoms with Crippen LogP contribution in [0.5, 0.6) is 0 Å². The minimum Gasteiger partial charge on any atom is -0.481 e. The van der Waals surface area contributed by atoms with Crippen LogP contribution in [0.4, 0.5) is 5.69 Å². The van der Waals surface area contributed by atoms with Crippen LogP contribution in [-0.4, -0.2) is 74.7 Å². The zero-order valence-corrected chi connectivity index (χ0v) is 22.8. The Labute approximate surface area is 220 Å². The van der Waals surface area contributed by atoms with Crippen molar-refractivity contribution in [2.45, 2.75) is 69.2 Å². The molecule has 9 heteroatoms. The van der Waals surface area contributed by atoms with Crippen LogP contribution in [0.15, 0.2) is 30.9 Å². The lowest BCUT2D eigenvalue weighted by Crippen LogP contribution is -2.60. The van der Waals surface area contributed by atoms with Crippen molar-refractivity contribution >= 4 is 39.4 Å². The molecule has 3 aliphatic heterocycles. The number of likely N-dealkylation sites (tertiary alicyclic amines) is 1. The molecule has 0 saturated carbocycles. The highest BCUT2D eigenvalue weighted by atomic mass is 79.9. The molecule has 3 saturated heterocycles. The molecule has 8 atom stereocenters. The fraction of sp³-hybridized carbons (Fsp3) is 0.593. The van der Waals surface area contributed by atoms with Crippen LogP contribution in [0.2, 0.25) is 0 Å². The van der Waals surface area contributed by atoms with Crippen molar-refractivity contribution in [3.05, 3.63) is 42.0 Å². The SMILES string of the molecule is C=CCN(C(=O)C1N([C@@H](CO)[C@@H](C)CC)C(=O)[C@@H]2[C@@H](C(=O)O)[C@@H]3OC12CC3Br)c1cc(C)ccc1C. The van der Waals surface area contributed by atoms with Crippen LogP contribution in [-0.2, 0) is 19.1 Å². The molecule has 36 heavy (non-hydrogen) atoms. The third kappa shape index (κ3) is 3.90. The van der Waals surface area contributed by atoms with E-state index in [1.54, 1.807) is 11.0 Å². The minimum atomic E-state index is -1.30. The molecule has 3 unspecified atom stereocenters. The Balaban J connectivity index is 1.90. The van der Waals surface area contributed by atoms with Crippen LogP contribution < -0.4 is 4.90 Å². The summed E-state index contributed by atoms with van der Waals surface area (Å²) in [5.41, 5.74) is 1.27. The van der Waals surface area contributed by atoms with E-state index >= 15 is 0 Å². The zero-order chi connectivity index (χ0) is 26.5. The summed E-state index contributed by atoms with van der Waals surface area (Å²) in [6.45, 7) is 11.5. The van der Waals surface area contributed by atoms with Gasteiger partial charge in [-0.25, -0.2) is 0 Å². The zero-order valence-electron chi connectivity index (χ0n) is 21.2. The largest absolute Gasteiger partial charge is 0.481 e. The van der Waals surface area contributed by atoms with Crippen molar-refractivity contribution in [3.8, 4) is 0 Å². The highest BCUT2D eigenvalue weighted by Crippen LogP contribution is 2.60. The van der Waals surface area contributed by atoms with Gasteiger partial charge in [-0.15, -0.1) is 6.58 Å². The smallest absolute Gasteiger partial charge is 0.310 e. The molecule has 2 N–H and O–H groups in total. The molecule has 8 nitrogen and oxygen atoms in total. The second kappa shape index (κ2) is 9.91. The maximum Gasteiger partial charge on any atom is 0.310 e. The predicted octanol–water partition coefficient (Wildman–Crippen LogP) is 3.06. The number of rotatable bonds is 9. The van der Waals surface area contributed by atoms with Crippen LogP contribution in [0.25, 0.3) is 0 Å². The topological polar surface area (TPSA) is 107 Å². The van der Waals surface area contributed by atoms with Crippen LogP contribution in [0.3, 0.4) is 0 Å². The van der Waals surface area contributed by atoms with Gasteiger partial charge in [0, 0.05) is 17.1 Å². The standard InChI is InChI=1S/C27H35BrN2O6/c1-6-10-29(18-11-14(3)8-9-16(18)5)25(33)23-27-12-17(28)22(36-27)20(26(34)35)21(27)24(32)30(23)19(13-31)15(4)7-2/h6,8-9,11,15,17,19-23,31H,1,7,10,12-13H2,2-5H3,(H,34,35)/t15-,17?,19-,20+,21-,22+,23?,27?/m0/s1. The quantitative estimate of drug-likeness (QED) is 0.354. The number of carbonyl (C=O) groups is 3. The Kier molecular flexibility index (Phi) is 7.38. The molecular formula is C27H35BrN2O6. The maximum absolute atomic E-state index is 14.6. The third-order valence-electron chi connectivity index (χ3n) is 8.32. The molecule has 2 amide bonds. The minimum absolute atomic E-state index is 0.113. The first-order chi connectivity index (χ1) is 17.0. The number of aliphatic hydroxyl groups is 1.